The third kappa shape index (κ3) is 2.84. The van der Waals surface area contributed by atoms with Crippen LogP contribution in [0.3, 0.4) is 0 Å². The predicted molar refractivity (Wildman–Crippen MR) is 63.6 cm³/mol. The quantitative estimate of drug-likeness (QED) is 0.785. The zero-order valence-corrected chi connectivity index (χ0v) is 10.2. The first-order chi connectivity index (χ1) is 8.11. The maximum atomic E-state index is 13.4. The van der Waals surface area contributed by atoms with Crippen LogP contribution in [0.25, 0.3) is 0 Å². The lowest BCUT2D eigenvalue weighted by Gasteiger charge is -2.09. The summed E-state index contributed by atoms with van der Waals surface area (Å²) in [5, 5.41) is 0. The zero-order chi connectivity index (χ0) is 12.4. The second kappa shape index (κ2) is 4.86. The first kappa shape index (κ1) is 12.1. The fourth-order valence-corrected chi connectivity index (χ4v) is 2.04. The van der Waals surface area contributed by atoms with Crippen LogP contribution >= 0.6 is 0 Å². The van der Waals surface area contributed by atoms with Gasteiger partial charge < -0.3 is 4.74 Å². The highest BCUT2D eigenvalue weighted by Crippen LogP contribution is 2.37. The monoisotopic (exact) mass is 236 g/mol. The van der Waals surface area contributed by atoms with Crippen LogP contribution in [0.15, 0.2) is 18.2 Å². The van der Waals surface area contributed by atoms with Gasteiger partial charge in [-0.1, -0.05) is 13.0 Å². The van der Waals surface area contributed by atoms with Crippen LogP contribution in [0.1, 0.15) is 25.3 Å². The Morgan fingerprint density at radius 2 is 2.24 bits per heavy atom. The molecule has 1 fully saturated rings. The van der Waals surface area contributed by atoms with Crippen molar-refractivity contribution >= 4 is 5.78 Å². The van der Waals surface area contributed by atoms with Gasteiger partial charge in [0, 0.05) is 12.3 Å². The van der Waals surface area contributed by atoms with Crippen molar-refractivity contribution in [1.29, 1.82) is 0 Å². The predicted octanol–water partition coefficient (Wildman–Crippen LogP) is 2.99. The molecule has 0 N–H and O–H groups in total. The summed E-state index contributed by atoms with van der Waals surface area (Å²) in [7, 11) is 1.43. The van der Waals surface area contributed by atoms with Crippen LogP contribution in [0.5, 0.6) is 5.75 Å². The first-order valence-corrected chi connectivity index (χ1v) is 5.97. The highest BCUT2D eigenvalue weighted by Gasteiger charge is 2.32. The Labute approximate surface area is 101 Å². The Kier molecular flexibility index (Phi) is 3.46. The first-order valence-electron chi connectivity index (χ1n) is 5.97. The maximum absolute atomic E-state index is 13.4. The molecule has 1 aromatic rings. The Hall–Kier alpha value is -1.38. The summed E-state index contributed by atoms with van der Waals surface area (Å²) in [5.41, 5.74) is 0.723. The average Bonchev–Trinajstić information content (AvgIpc) is 3.12. The summed E-state index contributed by atoms with van der Waals surface area (Å²) in [6, 6.07) is 4.70. The lowest BCUT2D eigenvalue weighted by Crippen LogP contribution is -2.15. The van der Waals surface area contributed by atoms with Crippen LogP contribution in [-0.4, -0.2) is 12.9 Å². The zero-order valence-electron chi connectivity index (χ0n) is 10.2. The van der Waals surface area contributed by atoms with Crippen molar-refractivity contribution in [2.75, 3.05) is 7.11 Å². The fraction of sp³-hybridized carbons (Fsp3) is 0.500. The third-order valence-electron chi connectivity index (χ3n) is 3.43. The molecule has 1 unspecified atom stereocenters. The number of rotatable bonds is 5. The molecule has 2 rings (SSSR count). The van der Waals surface area contributed by atoms with E-state index in [1.54, 1.807) is 12.1 Å². The molecule has 1 aromatic carbocycles. The summed E-state index contributed by atoms with van der Waals surface area (Å²) in [4.78, 5) is 11.9. The van der Waals surface area contributed by atoms with E-state index in [4.69, 9.17) is 4.74 Å². The number of halogens is 1. The van der Waals surface area contributed by atoms with Gasteiger partial charge in [-0.05, 0) is 36.5 Å². The van der Waals surface area contributed by atoms with E-state index in [1.807, 2.05) is 6.92 Å². The minimum absolute atomic E-state index is 0.111. The van der Waals surface area contributed by atoms with E-state index in [1.165, 1.54) is 13.2 Å². The van der Waals surface area contributed by atoms with Crippen LogP contribution in [0, 0.1) is 17.7 Å². The molecule has 17 heavy (non-hydrogen) atoms. The molecule has 0 aliphatic heterocycles. The number of ether oxygens (including phenoxy) is 1. The number of benzene rings is 1. The van der Waals surface area contributed by atoms with E-state index in [-0.39, 0.29) is 17.5 Å². The van der Waals surface area contributed by atoms with Gasteiger partial charge in [-0.25, -0.2) is 4.39 Å². The molecule has 0 radical (unpaired) electrons. The number of methoxy groups -OCH3 is 1. The van der Waals surface area contributed by atoms with E-state index in [2.05, 4.69) is 0 Å². The summed E-state index contributed by atoms with van der Waals surface area (Å²) in [6.45, 7) is 1.97. The molecule has 1 aliphatic carbocycles. The number of ketones is 1. The number of carbonyl (C=O) groups excluding carboxylic acids is 1. The number of hydrogen-bond donors (Lipinski definition) is 0. The van der Waals surface area contributed by atoms with Crippen molar-refractivity contribution in [1.82, 2.24) is 0 Å². The smallest absolute Gasteiger partial charge is 0.165 e. The topological polar surface area (TPSA) is 26.3 Å². The molecule has 0 spiro atoms. The van der Waals surface area contributed by atoms with Gasteiger partial charge in [0.1, 0.15) is 5.78 Å². The highest BCUT2D eigenvalue weighted by atomic mass is 19.1. The second-order valence-corrected chi connectivity index (χ2v) is 4.74. The molecule has 1 aliphatic rings. The van der Waals surface area contributed by atoms with Crippen molar-refractivity contribution in [2.45, 2.75) is 26.2 Å². The molecule has 0 amide bonds. The van der Waals surface area contributed by atoms with Gasteiger partial charge >= 0.3 is 0 Å². The Morgan fingerprint density at radius 3 is 2.76 bits per heavy atom. The Morgan fingerprint density at radius 1 is 1.53 bits per heavy atom. The van der Waals surface area contributed by atoms with Gasteiger partial charge in [-0.2, -0.15) is 0 Å². The van der Waals surface area contributed by atoms with Gasteiger partial charge in [0.2, 0.25) is 0 Å². The minimum atomic E-state index is -0.406. The number of Topliss-reactive ketones (excluding diaryl/α,β-unsaturated/α-hetero) is 1. The summed E-state index contributed by atoms with van der Waals surface area (Å²) < 4.78 is 18.3. The van der Waals surface area contributed by atoms with E-state index >= 15 is 0 Å². The summed E-state index contributed by atoms with van der Waals surface area (Å²) >= 11 is 0. The molecule has 0 aromatic heterocycles. The minimum Gasteiger partial charge on any atom is -0.494 e. The standard InChI is InChI=1S/C14H17FO2/c1-9(11-4-5-11)13(16)8-10-3-6-14(17-2)12(15)7-10/h3,6-7,9,11H,4-5,8H2,1-2H3. The van der Waals surface area contributed by atoms with Gasteiger partial charge in [0.05, 0.1) is 7.11 Å². The van der Waals surface area contributed by atoms with E-state index < -0.39 is 5.82 Å². The van der Waals surface area contributed by atoms with Gasteiger partial charge in [0.15, 0.2) is 11.6 Å². The highest BCUT2D eigenvalue weighted by molar-refractivity contribution is 5.83. The van der Waals surface area contributed by atoms with E-state index in [0.29, 0.717) is 12.3 Å². The van der Waals surface area contributed by atoms with Gasteiger partial charge in [-0.15, -0.1) is 0 Å². The SMILES string of the molecule is COc1ccc(CC(=O)C(C)C2CC2)cc1F. The fourth-order valence-electron chi connectivity index (χ4n) is 2.04. The molecule has 2 nitrogen and oxygen atoms in total. The largest absolute Gasteiger partial charge is 0.494 e. The normalized spacial score (nSPS) is 16.6. The van der Waals surface area contributed by atoms with Crippen LogP contribution in [-0.2, 0) is 11.2 Å². The maximum Gasteiger partial charge on any atom is 0.165 e. The molecular formula is C14H17FO2. The van der Waals surface area contributed by atoms with Crippen molar-refractivity contribution in [2.24, 2.45) is 11.8 Å². The number of carbonyl (C=O) groups is 1. The Balaban J connectivity index is 2.02. The van der Waals surface area contributed by atoms with Crippen molar-refractivity contribution < 1.29 is 13.9 Å². The van der Waals surface area contributed by atoms with Crippen molar-refractivity contribution in [3.8, 4) is 5.75 Å². The lowest BCUT2D eigenvalue weighted by atomic mass is 9.95. The lowest BCUT2D eigenvalue weighted by molar-refractivity contribution is -0.122. The molecule has 1 saturated carbocycles. The molecule has 92 valence electrons. The second-order valence-electron chi connectivity index (χ2n) is 4.74. The van der Waals surface area contributed by atoms with Gasteiger partial charge in [-0.3, -0.25) is 4.79 Å². The molecule has 0 saturated heterocycles. The van der Waals surface area contributed by atoms with Crippen molar-refractivity contribution in [3.63, 3.8) is 0 Å². The molecule has 0 bridgehead atoms. The summed E-state index contributed by atoms with van der Waals surface area (Å²) in [6.07, 6.45) is 2.63. The van der Waals surface area contributed by atoms with Crippen LogP contribution in [0.4, 0.5) is 4.39 Å². The van der Waals surface area contributed by atoms with Crippen LogP contribution < -0.4 is 4.74 Å². The van der Waals surface area contributed by atoms with Crippen LogP contribution in [0.2, 0.25) is 0 Å². The average molecular weight is 236 g/mol. The molecular weight excluding hydrogens is 219 g/mol. The summed E-state index contributed by atoms with van der Waals surface area (Å²) in [5.74, 6) is 0.691. The molecule has 3 heteroatoms. The number of hydrogen-bond acceptors (Lipinski definition) is 2. The van der Waals surface area contributed by atoms with Crippen molar-refractivity contribution in [3.05, 3.63) is 29.6 Å². The molecule has 0 heterocycles. The molecule has 1 atom stereocenters. The Bertz CT molecular complexity index is 424. The third-order valence-corrected chi connectivity index (χ3v) is 3.43. The van der Waals surface area contributed by atoms with E-state index in [9.17, 15) is 9.18 Å². The van der Waals surface area contributed by atoms with E-state index in [0.717, 1.165) is 18.4 Å². The van der Waals surface area contributed by atoms with Gasteiger partial charge in [0.25, 0.3) is 0 Å².